The van der Waals surface area contributed by atoms with Gasteiger partial charge in [0.1, 0.15) is 9.90 Å². The highest BCUT2D eigenvalue weighted by Crippen LogP contribution is 2.29. The first-order valence-corrected chi connectivity index (χ1v) is 9.06. The van der Waals surface area contributed by atoms with Gasteiger partial charge < -0.3 is 5.73 Å². The lowest BCUT2D eigenvalue weighted by Crippen LogP contribution is -2.27. The molecule has 0 aliphatic heterocycles. The molecule has 3 N–H and O–H groups in total. The van der Waals surface area contributed by atoms with Gasteiger partial charge >= 0.3 is 0 Å². The van der Waals surface area contributed by atoms with Crippen LogP contribution in [0.5, 0.6) is 0 Å². The largest absolute Gasteiger partial charge is 0.326 e. The lowest BCUT2D eigenvalue weighted by atomic mass is 10.2. The van der Waals surface area contributed by atoms with Crippen LogP contribution < -0.4 is 10.5 Å². The summed E-state index contributed by atoms with van der Waals surface area (Å²) in [6, 6.07) is 2.32. The van der Waals surface area contributed by atoms with Gasteiger partial charge in [-0.1, -0.05) is 23.2 Å². The number of nitrogens with zero attached hydrogens (tertiary/aromatic N) is 1. The van der Waals surface area contributed by atoms with Crippen LogP contribution in [-0.4, -0.2) is 13.4 Å². The fourth-order valence-corrected chi connectivity index (χ4v) is 4.53. The van der Waals surface area contributed by atoms with Gasteiger partial charge in [-0.05, 0) is 24.6 Å². The van der Waals surface area contributed by atoms with Crippen LogP contribution in [0.25, 0.3) is 0 Å². The molecule has 1 atom stereocenters. The number of halogens is 2. The highest BCUT2D eigenvalue weighted by atomic mass is 35.5. The van der Waals surface area contributed by atoms with Gasteiger partial charge in [0.05, 0.1) is 11.1 Å². The van der Waals surface area contributed by atoms with E-state index in [0.717, 1.165) is 0 Å². The van der Waals surface area contributed by atoms with E-state index in [0.29, 0.717) is 15.6 Å². The molecule has 0 fully saturated rings. The Bertz CT molecular complexity index is 733. The van der Waals surface area contributed by atoms with E-state index >= 15 is 0 Å². The molecule has 1 heterocycles. The van der Waals surface area contributed by atoms with Crippen LogP contribution in [0, 0.1) is 0 Å². The summed E-state index contributed by atoms with van der Waals surface area (Å²) in [7, 11) is -3.80. The molecular weight excluding hydrogens is 353 g/mol. The summed E-state index contributed by atoms with van der Waals surface area (Å²) in [4.78, 5) is 4.04. The molecular formula is C12H13Cl2N3O2S2. The second-order valence-electron chi connectivity index (χ2n) is 4.29. The topological polar surface area (TPSA) is 85.1 Å². The molecule has 0 aliphatic carbocycles. The Hall–Kier alpha value is -0.700. The maximum atomic E-state index is 12.4. The Balaban J connectivity index is 2.36. The van der Waals surface area contributed by atoms with Crippen LogP contribution in [0.2, 0.25) is 10.0 Å². The minimum absolute atomic E-state index is 0.0441. The molecule has 1 unspecified atom stereocenters. The summed E-state index contributed by atoms with van der Waals surface area (Å²) in [5, 5.41) is 2.84. The Labute approximate surface area is 137 Å². The number of aromatic nitrogens is 1. The fraction of sp³-hybridized carbons (Fsp3) is 0.250. The van der Waals surface area contributed by atoms with Crippen molar-refractivity contribution in [2.24, 2.45) is 5.73 Å². The van der Waals surface area contributed by atoms with Crippen molar-refractivity contribution < 1.29 is 8.42 Å². The molecule has 114 valence electrons. The van der Waals surface area contributed by atoms with Crippen molar-refractivity contribution in [2.75, 3.05) is 0 Å². The van der Waals surface area contributed by atoms with E-state index in [4.69, 9.17) is 28.9 Å². The summed E-state index contributed by atoms with van der Waals surface area (Å²) in [6.45, 7) is 1.84. The van der Waals surface area contributed by atoms with Crippen molar-refractivity contribution in [3.05, 3.63) is 44.3 Å². The summed E-state index contributed by atoms with van der Waals surface area (Å²) in [5.41, 5.74) is 6.06. The van der Waals surface area contributed by atoms with E-state index in [9.17, 15) is 8.42 Å². The van der Waals surface area contributed by atoms with Crippen LogP contribution in [-0.2, 0) is 16.6 Å². The van der Waals surface area contributed by atoms with E-state index in [-0.39, 0.29) is 16.5 Å². The smallest absolute Gasteiger partial charge is 0.242 e. The van der Waals surface area contributed by atoms with Gasteiger partial charge in [-0.3, -0.25) is 0 Å². The molecule has 0 radical (unpaired) electrons. The highest BCUT2D eigenvalue weighted by Gasteiger charge is 2.23. The van der Waals surface area contributed by atoms with Crippen LogP contribution >= 0.6 is 34.5 Å². The highest BCUT2D eigenvalue weighted by molar-refractivity contribution is 7.89. The van der Waals surface area contributed by atoms with Gasteiger partial charge in [-0.25, -0.2) is 18.1 Å². The van der Waals surface area contributed by atoms with Gasteiger partial charge in [0, 0.05) is 23.1 Å². The van der Waals surface area contributed by atoms with Crippen LogP contribution in [0.3, 0.4) is 0 Å². The molecule has 2 rings (SSSR count). The van der Waals surface area contributed by atoms with Gasteiger partial charge in [0.15, 0.2) is 0 Å². The zero-order valence-corrected chi connectivity index (χ0v) is 14.2. The Morgan fingerprint density at radius 2 is 2.10 bits per heavy atom. The van der Waals surface area contributed by atoms with Gasteiger partial charge in [0.25, 0.3) is 0 Å². The number of nitrogens with one attached hydrogen (secondary N) is 1. The number of sulfonamides is 1. The quantitative estimate of drug-likeness (QED) is 0.852. The fourth-order valence-electron chi connectivity index (χ4n) is 1.73. The van der Waals surface area contributed by atoms with Crippen LogP contribution in [0.15, 0.2) is 28.6 Å². The lowest BCUT2D eigenvalue weighted by molar-refractivity contribution is 0.566. The average molecular weight is 366 g/mol. The predicted octanol–water partition coefficient (Wildman–Crippen LogP) is 2.95. The average Bonchev–Trinajstić information content (AvgIpc) is 2.91. The Morgan fingerprint density at radius 3 is 2.67 bits per heavy atom. The third-order valence-electron chi connectivity index (χ3n) is 2.76. The number of benzene rings is 1. The summed E-state index contributed by atoms with van der Waals surface area (Å²) >= 11 is 13.3. The van der Waals surface area contributed by atoms with Crippen molar-refractivity contribution in [3.63, 3.8) is 0 Å². The molecule has 0 saturated carbocycles. The number of nitrogens with two attached hydrogens (primary N) is 1. The van der Waals surface area contributed by atoms with E-state index in [2.05, 4.69) is 9.71 Å². The normalized spacial score (nSPS) is 13.3. The van der Waals surface area contributed by atoms with Crippen molar-refractivity contribution >= 4 is 44.6 Å². The monoisotopic (exact) mass is 365 g/mol. The Morgan fingerprint density at radius 1 is 1.38 bits per heavy atom. The lowest BCUT2D eigenvalue weighted by Gasteiger charge is -2.14. The van der Waals surface area contributed by atoms with Gasteiger partial charge in [0.2, 0.25) is 10.0 Å². The molecule has 9 heteroatoms. The van der Waals surface area contributed by atoms with E-state index < -0.39 is 16.1 Å². The molecule has 0 aliphatic rings. The molecule has 0 bridgehead atoms. The summed E-state index contributed by atoms with van der Waals surface area (Å²) < 4.78 is 27.4. The minimum atomic E-state index is -3.80. The van der Waals surface area contributed by atoms with E-state index in [1.165, 1.54) is 23.5 Å². The second kappa shape index (κ2) is 6.60. The molecule has 5 nitrogen and oxygen atoms in total. The summed E-state index contributed by atoms with van der Waals surface area (Å²) in [5.74, 6) is 0. The molecule has 0 amide bonds. The van der Waals surface area contributed by atoms with Crippen LogP contribution in [0.4, 0.5) is 0 Å². The van der Waals surface area contributed by atoms with Crippen molar-refractivity contribution in [1.29, 1.82) is 0 Å². The first-order valence-electron chi connectivity index (χ1n) is 5.95. The third-order valence-corrected chi connectivity index (χ3v) is 6.08. The van der Waals surface area contributed by atoms with Gasteiger partial charge in [-0.2, -0.15) is 0 Å². The maximum absolute atomic E-state index is 12.4. The number of thiazole rings is 1. The first kappa shape index (κ1) is 16.7. The standard InChI is InChI=1S/C12H13Cl2N3O2S2/c1-7(12-16-2-3-20-12)17-21(18,19)11-4-8(6-15)9(13)5-10(11)14/h2-5,7,17H,6,15H2,1H3. The third kappa shape index (κ3) is 3.74. The number of hydrogen-bond donors (Lipinski definition) is 2. The molecule has 1 aromatic carbocycles. The zero-order chi connectivity index (χ0) is 15.6. The summed E-state index contributed by atoms with van der Waals surface area (Å²) in [6.07, 6.45) is 1.62. The van der Waals surface area contributed by atoms with Gasteiger partial charge in [-0.15, -0.1) is 11.3 Å². The van der Waals surface area contributed by atoms with E-state index in [1.54, 1.807) is 18.5 Å². The SMILES string of the molecule is CC(NS(=O)(=O)c1cc(CN)c(Cl)cc1Cl)c1nccs1. The molecule has 0 spiro atoms. The van der Waals surface area contributed by atoms with Crippen molar-refractivity contribution in [1.82, 2.24) is 9.71 Å². The number of rotatable bonds is 5. The van der Waals surface area contributed by atoms with Crippen molar-refractivity contribution in [3.8, 4) is 0 Å². The van der Waals surface area contributed by atoms with Crippen molar-refractivity contribution in [2.45, 2.75) is 24.4 Å². The number of hydrogen-bond acceptors (Lipinski definition) is 5. The molecule has 0 saturated heterocycles. The zero-order valence-electron chi connectivity index (χ0n) is 11.0. The second-order valence-corrected chi connectivity index (χ2v) is 7.71. The maximum Gasteiger partial charge on any atom is 0.242 e. The molecule has 21 heavy (non-hydrogen) atoms. The Kier molecular flexibility index (Phi) is 5.24. The minimum Gasteiger partial charge on any atom is -0.326 e. The van der Waals surface area contributed by atoms with Crippen LogP contribution in [0.1, 0.15) is 23.5 Å². The first-order chi connectivity index (χ1) is 9.85. The predicted molar refractivity (Wildman–Crippen MR) is 85.2 cm³/mol. The molecule has 1 aromatic heterocycles. The van der Waals surface area contributed by atoms with E-state index in [1.807, 2.05) is 0 Å². The molecule has 2 aromatic rings.